The third-order valence-electron chi connectivity index (χ3n) is 4.19. The van der Waals surface area contributed by atoms with E-state index in [0.29, 0.717) is 24.9 Å². The minimum Gasteiger partial charge on any atom is -0.393 e. The standard InChI is InChI=1S/C18H17F3N2O2/c19-18(20,21)14-5-1-2-6-16(14)23-17(25)22-15-7-3-4-11-8-9-12(24)10-13(11)15/h1-7,12,24H,8-10H2,(H2,22,23,25)/t12-/m1/s1. The summed E-state index contributed by atoms with van der Waals surface area (Å²) in [6.07, 6.45) is -3.28. The number of hydrogen-bond donors (Lipinski definition) is 3. The summed E-state index contributed by atoms with van der Waals surface area (Å²) in [6, 6.07) is 9.41. The molecule has 2 aromatic rings. The number of amides is 2. The highest BCUT2D eigenvalue weighted by atomic mass is 19.4. The minimum absolute atomic E-state index is 0.308. The molecular formula is C18H17F3N2O2. The van der Waals surface area contributed by atoms with Gasteiger partial charge >= 0.3 is 12.2 Å². The van der Waals surface area contributed by atoms with Gasteiger partial charge in [0.05, 0.1) is 17.4 Å². The second kappa shape index (κ2) is 6.76. The van der Waals surface area contributed by atoms with Gasteiger partial charge < -0.3 is 15.7 Å². The number of anilines is 2. The van der Waals surface area contributed by atoms with Crippen LogP contribution < -0.4 is 10.6 Å². The number of fused-ring (bicyclic) bond motifs is 1. The van der Waals surface area contributed by atoms with Crippen LogP contribution in [0.15, 0.2) is 42.5 Å². The summed E-state index contributed by atoms with van der Waals surface area (Å²) in [5.41, 5.74) is 1.13. The van der Waals surface area contributed by atoms with Crippen molar-refractivity contribution in [3.8, 4) is 0 Å². The van der Waals surface area contributed by atoms with Crippen molar-refractivity contribution in [1.29, 1.82) is 0 Å². The normalized spacial score (nSPS) is 16.9. The van der Waals surface area contributed by atoms with Crippen molar-refractivity contribution in [2.24, 2.45) is 0 Å². The number of carbonyl (C=O) groups excluding carboxylic acids is 1. The lowest BCUT2D eigenvalue weighted by molar-refractivity contribution is -0.136. The molecule has 0 saturated heterocycles. The number of urea groups is 1. The number of para-hydroxylation sites is 1. The van der Waals surface area contributed by atoms with Crippen molar-refractivity contribution >= 4 is 17.4 Å². The van der Waals surface area contributed by atoms with E-state index in [1.807, 2.05) is 6.07 Å². The maximum Gasteiger partial charge on any atom is 0.418 e. The predicted molar refractivity (Wildman–Crippen MR) is 88.6 cm³/mol. The zero-order valence-electron chi connectivity index (χ0n) is 13.2. The van der Waals surface area contributed by atoms with Gasteiger partial charge in [0.2, 0.25) is 0 Å². The highest BCUT2D eigenvalue weighted by Gasteiger charge is 2.33. The quantitative estimate of drug-likeness (QED) is 0.760. The van der Waals surface area contributed by atoms with Crippen LogP contribution in [0, 0.1) is 0 Å². The summed E-state index contributed by atoms with van der Waals surface area (Å²) in [5.74, 6) is 0. The first-order valence-corrected chi connectivity index (χ1v) is 7.87. The van der Waals surface area contributed by atoms with Gasteiger partial charge in [0, 0.05) is 12.1 Å². The Morgan fingerprint density at radius 1 is 1.04 bits per heavy atom. The molecule has 1 aliphatic rings. The first-order valence-electron chi connectivity index (χ1n) is 7.87. The van der Waals surface area contributed by atoms with Crippen molar-refractivity contribution < 1.29 is 23.1 Å². The molecule has 7 heteroatoms. The molecule has 0 aliphatic heterocycles. The van der Waals surface area contributed by atoms with Crippen LogP contribution in [-0.4, -0.2) is 17.2 Å². The number of alkyl halides is 3. The Bertz CT molecular complexity index is 790. The number of aliphatic hydroxyl groups excluding tert-OH is 1. The maximum absolute atomic E-state index is 13.0. The van der Waals surface area contributed by atoms with Crippen LogP contribution in [-0.2, 0) is 19.0 Å². The number of hydrogen-bond acceptors (Lipinski definition) is 2. The van der Waals surface area contributed by atoms with E-state index in [4.69, 9.17) is 0 Å². The van der Waals surface area contributed by atoms with Gasteiger partial charge in [-0.25, -0.2) is 4.79 Å². The lowest BCUT2D eigenvalue weighted by Gasteiger charge is -2.23. The molecule has 0 bridgehead atoms. The average molecular weight is 350 g/mol. The number of benzene rings is 2. The minimum atomic E-state index is -4.56. The van der Waals surface area contributed by atoms with Gasteiger partial charge in [0.1, 0.15) is 0 Å². The van der Waals surface area contributed by atoms with Crippen LogP contribution >= 0.6 is 0 Å². The summed E-state index contributed by atoms with van der Waals surface area (Å²) in [6.45, 7) is 0. The van der Waals surface area contributed by atoms with Crippen molar-refractivity contribution in [3.05, 3.63) is 59.2 Å². The Balaban J connectivity index is 1.79. The number of nitrogens with one attached hydrogen (secondary N) is 2. The van der Waals surface area contributed by atoms with Crippen molar-refractivity contribution in [1.82, 2.24) is 0 Å². The zero-order chi connectivity index (χ0) is 18.0. The average Bonchev–Trinajstić information content (AvgIpc) is 2.55. The molecule has 4 nitrogen and oxygen atoms in total. The van der Waals surface area contributed by atoms with Crippen molar-refractivity contribution in [2.45, 2.75) is 31.5 Å². The Kier molecular flexibility index (Phi) is 4.67. The van der Waals surface area contributed by atoms with E-state index >= 15 is 0 Å². The monoisotopic (exact) mass is 350 g/mol. The third-order valence-corrected chi connectivity index (χ3v) is 4.19. The van der Waals surface area contributed by atoms with Crippen LogP contribution in [0.1, 0.15) is 23.1 Å². The maximum atomic E-state index is 13.0. The van der Waals surface area contributed by atoms with E-state index in [0.717, 1.165) is 17.2 Å². The van der Waals surface area contributed by atoms with E-state index < -0.39 is 23.9 Å². The van der Waals surface area contributed by atoms with Gasteiger partial charge in [-0.05, 0) is 42.2 Å². The molecule has 3 N–H and O–H groups in total. The molecule has 2 aromatic carbocycles. The molecule has 25 heavy (non-hydrogen) atoms. The zero-order valence-corrected chi connectivity index (χ0v) is 13.2. The first kappa shape index (κ1) is 17.3. The summed E-state index contributed by atoms with van der Waals surface area (Å²) in [4.78, 5) is 12.2. The van der Waals surface area contributed by atoms with Crippen LogP contribution in [0.5, 0.6) is 0 Å². The summed E-state index contributed by atoms with van der Waals surface area (Å²) in [7, 11) is 0. The molecule has 0 spiro atoms. The number of rotatable bonds is 2. The van der Waals surface area contributed by atoms with Crippen LogP contribution in [0.4, 0.5) is 29.3 Å². The Hall–Kier alpha value is -2.54. The molecule has 1 aliphatic carbocycles. The molecule has 3 rings (SSSR count). The Labute approximate surface area is 142 Å². The van der Waals surface area contributed by atoms with Gasteiger partial charge in [-0.3, -0.25) is 0 Å². The van der Waals surface area contributed by atoms with E-state index in [-0.39, 0.29) is 5.69 Å². The van der Waals surface area contributed by atoms with Gasteiger partial charge in [0.15, 0.2) is 0 Å². The van der Waals surface area contributed by atoms with Crippen molar-refractivity contribution in [3.63, 3.8) is 0 Å². The number of carbonyl (C=O) groups is 1. The highest BCUT2D eigenvalue weighted by molar-refractivity contribution is 6.00. The summed E-state index contributed by atoms with van der Waals surface area (Å²) < 4.78 is 39.0. The van der Waals surface area contributed by atoms with Gasteiger partial charge in [-0.1, -0.05) is 24.3 Å². The molecule has 0 heterocycles. The third kappa shape index (κ3) is 3.93. The van der Waals surface area contributed by atoms with Gasteiger partial charge in [0.25, 0.3) is 0 Å². The molecule has 1 atom stereocenters. The summed E-state index contributed by atoms with van der Waals surface area (Å²) >= 11 is 0. The molecule has 2 amide bonds. The Morgan fingerprint density at radius 3 is 2.48 bits per heavy atom. The van der Waals surface area contributed by atoms with Crippen LogP contribution in [0.3, 0.4) is 0 Å². The fraction of sp³-hybridized carbons (Fsp3) is 0.278. The van der Waals surface area contributed by atoms with Crippen LogP contribution in [0.2, 0.25) is 0 Å². The molecule has 0 radical (unpaired) electrons. The number of halogens is 3. The fourth-order valence-electron chi connectivity index (χ4n) is 3.00. The fourth-order valence-corrected chi connectivity index (χ4v) is 3.00. The lowest BCUT2D eigenvalue weighted by atomic mass is 9.88. The van der Waals surface area contributed by atoms with E-state index in [1.165, 1.54) is 18.2 Å². The first-order chi connectivity index (χ1) is 11.8. The predicted octanol–water partition coefficient (Wildman–Crippen LogP) is 4.20. The van der Waals surface area contributed by atoms with E-state index in [9.17, 15) is 23.1 Å². The second-order valence-electron chi connectivity index (χ2n) is 5.96. The van der Waals surface area contributed by atoms with E-state index in [1.54, 1.807) is 12.1 Å². The lowest BCUT2D eigenvalue weighted by Crippen LogP contribution is -2.25. The molecule has 0 fully saturated rings. The molecule has 0 saturated carbocycles. The van der Waals surface area contributed by atoms with Gasteiger partial charge in [-0.2, -0.15) is 13.2 Å². The molecule has 0 unspecified atom stereocenters. The second-order valence-corrected chi connectivity index (χ2v) is 5.96. The van der Waals surface area contributed by atoms with Crippen molar-refractivity contribution in [2.75, 3.05) is 10.6 Å². The SMILES string of the molecule is O=C(Nc1ccccc1C(F)(F)F)Nc1cccc2c1C[C@H](O)CC2. The molecule has 0 aromatic heterocycles. The number of aryl methyl sites for hydroxylation is 1. The largest absolute Gasteiger partial charge is 0.418 e. The van der Waals surface area contributed by atoms with E-state index in [2.05, 4.69) is 10.6 Å². The topological polar surface area (TPSA) is 61.4 Å². The Morgan fingerprint density at radius 2 is 1.72 bits per heavy atom. The number of aliphatic hydroxyl groups is 1. The highest BCUT2D eigenvalue weighted by Crippen LogP contribution is 2.34. The summed E-state index contributed by atoms with van der Waals surface area (Å²) in [5, 5.41) is 14.7. The molecular weight excluding hydrogens is 333 g/mol. The van der Waals surface area contributed by atoms with Crippen LogP contribution in [0.25, 0.3) is 0 Å². The smallest absolute Gasteiger partial charge is 0.393 e. The van der Waals surface area contributed by atoms with Gasteiger partial charge in [-0.15, -0.1) is 0 Å². The molecule has 132 valence electrons.